The predicted molar refractivity (Wildman–Crippen MR) is 117 cm³/mol. The van der Waals surface area contributed by atoms with Gasteiger partial charge in [0.25, 0.3) is 0 Å². The lowest BCUT2D eigenvalue weighted by atomic mass is 9.94. The highest BCUT2D eigenvalue weighted by Crippen LogP contribution is 2.41. The van der Waals surface area contributed by atoms with Gasteiger partial charge in [0.05, 0.1) is 17.8 Å². The van der Waals surface area contributed by atoms with E-state index in [1.807, 2.05) is 12.3 Å². The normalized spacial score (nSPS) is 23.4. The molecule has 2 fully saturated rings. The number of rotatable bonds is 6. The SMILES string of the molecule is CN(C)CCN1C(=S)N[C@H](c2ccccn2)[C@@H]1c1cccn1C1CCCCC1. The van der Waals surface area contributed by atoms with E-state index in [1.165, 1.54) is 37.8 Å². The third-order valence-corrected chi connectivity index (χ3v) is 6.42. The minimum Gasteiger partial charge on any atom is -0.352 e. The van der Waals surface area contributed by atoms with Crippen LogP contribution in [0, 0.1) is 0 Å². The molecule has 2 aliphatic rings. The molecule has 3 heterocycles. The number of thiocarbonyl (C=S) groups is 1. The van der Waals surface area contributed by atoms with Gasteiger partial charge in [0.1, 0.15) is 0 Å². The van der Waals surface area contributed by atoms with Gasteiger partial charge in [-0.25, -0.2) is 0 Å². The van der Waals surface area contributed by atoms with Crippen molar-refractivity contribution in [2.75, 3.05) is 27.2 Å². The number of aromatic nitrogens is 2. The zero-order chi connectivity index (χ0) is 19.5. The zero-order valence-electron chi connectivity index (χ0n) is 16.9. The molecule has 2 atom stereocenters. The topological polar surface area (TPSA) is 36.3 Å². The second-order valence-corrected chi connectivity index (χ2v) is 8.64. The molecule has 1 saturated heterocycles. The molecule has 0 unspecified atom stereocenters. The molecule has 1 N–H and O–H groups in total. The molecule has 2 aromatic rings. The Kier molecular flexibility index (Phi) is 5.97. The molecule has 28 heavy (non-hydrogen) atoms. The summed E-state index contributed by atoms with van der Waals surface area (Å²) in [5, 5.41) is 4.41. The lowest BCUT2D eigenvalue weighted by Gasteiger charge is -2.33. The molecule has 1 aliphatic heterocycles. The van der Waals surface area contributed by atoms with Crippen molar-refractivity contribution in [2.45, 2.75) is 50.2 Å². The van der Waals surface area contributed by atoms with E-state index < -0.39 is 0 Å². The van der Waals surface area contributed by atoms with E-state index in [1.54, 1.807) is 0 Å². The Hall–Kier alpha value is -1.92. The van der Waals surface area contributed by atoms with Crippen LogP contribution in [-0.4, -0.2) is 51.6 Å². The van der Waals surface area contributed by atoms with Crippen LogP contribution in [0.2, 0.25) is 0 Å². The van der Waals surface area contributed by atoms with Gasteiger partial charge in [-0.1, -0.05) is 25.3 Å². The van der Waals surface area contributed by atoms with E-state index in [-0.39, 0.29) is 12.1 Å². The Morgan fingerprint density at radius 1 is 1.14 bits per heavy atom. The van der Waals surface area contributed by atoms with Crippen LogP contribution in [0.4, 0.5) is 0 Å². The van der Waals surface area contributed by atoms with E-state index in [2.05, 4.69) is 69.2 Å². The maximum absolute atomic E-state index is 5.78. The minimum atomic E-state index is 0.0769. The van der Waals surface area contributed by atoms with Crippen LogP contribution in [0.5, 0.6) is 0 Å². The van der Waals surface area contributed by atoms with Crippen molar-refractivity contribution in [1.82, 2.24) is 24.7 Å². The van der Waals surface area contributed by atoms with Crippen molar-refractivity contribution >= 4 is 17.3 Å². The second-order valence-electron chi connectivity index (χ2n) is 8.26. The van der Waals surface area contributed by atoms with Crippen LogP contribution in [0.3, 0.4) is 0 Å². The van der Waals surface area contributed by atoms with Crippen LogP contribution in [-0.2, 0) is 0 Å². The first-order chi connectivity index (χ1) is 13.6. The summed E-state index contributed by atoms with van der Waals surface area (Å²) in [7, 11) is 4.23. The Morgan fingerprint density at radius 2 is 1.96 bits per heavy atom. The average molecular weight is 398 g/mol. The highest BCUT2D eigenvalue weighted by Gasteiger charge is 2.41. The Labute approximate surface area is 173 Å². The maximum atomic E-state index is 5.78. The maximum Gasteiger partial charge on any atom is 0.170 e. The molecule has 150 valence electrons. The van der Waals surface area contributed by atoms with Crippen LogP contribution in [0.25, 0.3) is 0 Å². The first kappa shape index (κ1) is 19.4. The molecule has 1 aliphatic carbocycles. The number of nitrogens with one attached hydrogen (secondary N) is 1. The molecule has 0 amide bonds. The standard InChI is InChI=1S/C22H31N5S/c1-25(2)15-16-27-21(20(24-22(27)28)18-11-6-7-13-23-18)19-12-8-14-26(19)17-9-4-3-5-10-17/h6-8,11-14,17,20-21H,3-5,9-10,15-16H2,1-2H3,(H,24,28)/t20-,21+/m1/s1. The number of hydrogen-bond acceptors (Lipinski definition) is 3. The molecule has 0 radical (unpaired) electrons. The smallest absolute Gasteiger partial charge is 0.170 e. The molecule has 2 aromatic heterocycles. The summed E-state index contributed by atoms with van der Waals surface area (Å²) in [6.07, 6.45) is 10.7. The van der Waals surface area contributed by atoms with Crippen molar-refractivity contribution in [3.63, 3.8) is 0 Å². The summed E-state index contributed by atoms with van der Waals surface area (Å²) in [6, 6.07) is 11.5. The lowest BCUT2D eigenvalue weighted by molar-refractivity contribution is 0.257. The van der Waals surface area contributed by atoms with Crippen LogP contribution in [0.1, 0.15) is 61.6 Å². The van der Waals surface area contributed by atoms with Gasteiger partial charge in [-0.05, 0) is 63.4 Å². The largest absolute Gasteiger partial charge is 0.352 e. The Bertz CT molecular complexity index is 781. The number of hydrogen-bond donors (Lipinski definition) is 1. The first-order valence-electron chi connectivity index (χ1n) is 10.4. The van der Waals surface area contributed by atoms with Crippen molar-refractivity contribution in [1.29, 1.82) is 0 Å². The molecule has 4 rings (SSSR count). The molecule has 1 saturated carbocycles. The fourth-order valence-corrected chi connectivity index (χ4v) is 4.96. The first-order valence-corrected chi connectivity index (χ1v) is 10.9. The van der Waals surface area contributed by atoms with Gasteiger partial charge in [0.2, 0.25) is 0 Å². The molecule has 0 aromatic carbocycles. The number of pyridine rings is 1. The van der Waals surface area contributed by atoms with Gasteiger partial charge in [0.15, 0.2) is 5.11 Å². The van der Waals surface area contributed by atoms with Crippen molar-refractivity contribution in [2.24, 2.45) is 0 Å². The fraction of sp³-hybridized carbons (Fsp3) is 0.545. The van der Waals surface area contributed by atoms with E-state index in [9.17, 15) is 0 Å². The molecule has 6 heteroatoms. The molecule has 0 spiro atoms. The summed E-state index contributed by atoms with van der Waals surface area (Å²) in [6.45, 7) is 1.88. The highest BCUT2D eigenvalue weighted by molar-refractivity contribution is 7.80. The van der Waals surface area contributed by atoms with Gasteiger partial charge in [-0.2, -0.15) is 0 Å². The van der Waals surface area contributed by atoms with E-state index in [0.717, 1.165) is 23.9 Å². The second kappa shape index (κ2) is 8.62. The van der Waals surface area contributed by atoms with Gasteiger partial charge in [0, 0.05) is 37.2 Å². The zero-order valence-corrected chi connectivity index (χ0v) is 17.7. The van der Waals surface area contributed by atoms with E-state index in [4.69, 9.17) is 12.2 Å². The van der Waals surface area contributed by atoms with Crippen molar-refractivity contribution < 1.29 is 0 Å². The molecule has 5 nitrogen and oxygen atoms in total. The molecule has 0 bridgehead atoms. The number of nitrogens with zero attached hydrogens (tertiary/aromatic N) is 4. The summed E-state index contributed by atoms with van der Waals surface area (Å²) in [5.74, 6) is 0. The highest BCUT2D eigenvalue weighted by atomic mass is 32.1. The molecular weight excluding hydrogens is 366 g/mol. The third-order valence-electron chi connectivity index (χ3n) is 6.07. The Balaban J connectivity index is 1.70. The van der Waals surface area contributed by atoms with Crippen LogP contribution < -0.4 is 5.32 Å². The van der Waals surface area contributed by atoms with Crippen molar-refractivity contribution in [3.05, 3.63) is 54.1 Å². The van der Waals surface area contributed by atoms with Crippen molar-refractivity contribution in [3.8, 4) is 0 Å². The predicted octanol–water partition coefficient (Wildman–Crippen LogP) is 3.92. The minimum absolute atomic E-state index is 0.0769. The third kappa shape index (κ3) is 3.94. The summed E-state index contributed by atoms with van der Waals surface area (Å²) < 4.78 is 2.53. The van der Waals surface area contributed by atoms with Crippen LogP contribution in [0.15, 0.2) is 42.7 Å². The quantitative estimate of drug-likeness (QED) is 0.748. The van der Waals surface area contributed by atoms with Gasteiger partial charge in [-0.15, -0.1) is 0 Å². The monoisotopic (exact) mass is 397 g/mol. The van der Waals surface area contributed by atoms with E-state index in [0.29, 0.717) is 6.04 Å². The number of likely N-dealkylation sites (N-methyl/N-ethyl adjacent to an activating group) is 1. The fourth-order valence-electron chi connectivity index (χ4n) is 4.63. The summed E-state index contributed by atoms with van der Waals surface area (Å²) in [4.78, 5) is 9.24. The van der Waals surface area contributed by atoms with Gasteiger partial charge < -0.3 is 19.7 Å². The molecular formula is C22H31N5S. The lowest BCUT2D eigenvalue weighted by Crippen LogP contribution is -2.36. The van der Waals surface area contributed by atoms with E-state index >= 15 is 0 Å². The summed E-state index contributed by atoms with van der Waals surface area (Å²) >= 11 is 5.78. The summed E-state index contributed by atoms with van der Waals surface area (Å²) in [5.41, 5.74) is 2.41. The van der Waals surface area contributed by atoms with Crippen LogP contribution >= 0.6 is 12.2 Å². The van der Waals surface area contributed by atoms with Gasteiger partial charge >= 0.3 is 0 Å². The Morgan fingerprint density at radius 3 is 2.68 bits per heavy atom. The van der Waals surface area contributed by atoms with Gasteiger partial charge in [-0.3, -0.25) is 4.98 Å². The average Bonchev–Trinajstić information content (AvgIpc) is 3.32.